The van der Waals surface area contributed by atoms with E-state index >= 15 is 0 Å². The van der Waals surface area contributed by atoms with Gasteiger partial charge in [0, 0.05) is 62.3 Å². The summed E-state index contributed by atoms with van der Waals surface area (Å²) in [6.45, 7) is 12.1. The number of amides is 1. The minimum absolute atomic E-state index is 0.0849. The Bertz CT molecular complexity index is 853. The lowest BCUT2D eigenvalue weighted by Gasteiger charge is -2.44. The summed E-state index contributed by atoms with van der Waals surface area (Å²) in [4.78, 5) is 20.2. The predicted octanol–water partition coefficient (Wildman–Crippen LogP) is 3.02. The average molecular weight is 396 g/mol. The summed E-state index contributed by atoms with van der Waals surface area (Å²) in [5.41, 5.74) is 5.37. The first-order valence-corrected chi connectivity index (χ1v) is 11.0. The number of hydrogen-bond donors (Lipinski definition) is 1. The Balaban J connectivity index is 1.37. The van der Waals surface area contributed by atoms with Gasteiger partial charge in [0.15, 0.2) is 5.69 Å². The summed E-state index contributed by atoms with van der Waals surface area (Å²) in [5, 5.41) is 7.34. The molecule has 1 N–H and O–H groups in total. The average Bonchev–Trinajstić information content (AvgIpc) is 3.14. The normalized spacial score (nSPS) is 20.9. The molecular weight excluding hydrogens is 362 g/mol. The summed E-state index contributed by atoms with van der Waals surface area (Å²) < 4.78 is 0. The van der Waals surface area contributed by atoms with Gasteiger partial charge in [0.1, 0.15) is 0 Å². The van der Waals surface area contributed by atoms with Crippen LogP contribution in [-0.4, -0.2) is 71.2 Å². The molecule has 2 aromatic rings. The molecule has 2 aliphatic heterocycles. The van der Waals surface area contributed by atoms with Gasteiger partial charge >= 0.3 is 0 Å². The van der Waals surface area contributed by atoms with Gasteiger partial charge in [0.25, 0.3) is 5.91 Å². The molecule has 2 fully saturated rings. The van der Waals surface area contributed by atoms with Crippen molar-refractivity contribution in [3.8, 4) is 0 Å². The third-order valence-corrected chi connectivity index (χ3v) is 6.64. The molecule has 0 spiro atoms. The molecule has 2 saturated heterocycles. The first-order chi connectivity index (χ1) is 14.1. The SMILES string of the molecule is CCc1[nH]nc(C(=O)N2CCC[C@H](N3CCN(c4ccccc4C)CC3)C2)c1C. The molecule has 0 bridgehead atoms. The number of aromatic amines is 1. The Morgan fingerprint density at radius 3 is 2.59 bits per heavy atom. The molecule has 0 saturated carbocycles. The number of hydrogen-bond acceptors (Lipinski definition) is 4. The highest BCUT2D eigenvalue weighted by molar-refractivity contribution is 5.94. The van der Waals surface area contributed by atoms with Gasteiger partial charge in [-0.25, -0.2) is 0 Å². The number of para-hydroxylation sites is 1. The lowest BCUT2D eigenvalue weighted by atomic mass is 10.0. The quantitative estimate of drug-likeness (QED) is 0.865. The monoisotopic (exact) mass is 395 g/mol. The van der Waals surface area contributed by atoms with E-state index in [9.17, 15) is 4.79 Å². The van der Waals surface area contributed by atoms with Crippen LogP contribution in [0.25, 0.3) is 0 Å². The zero-order chi connectivity index (χ0) is 20.4. The van der Waals surface area contributed by atoms with Crippen molar-refractivity contribution in [2.45, 2.75) is 46.1 Å². The highest BCUT2D eigenvalue weighted by atomic mass is 16.2. The second-order valence-electron chi connectivity index (χ2n) is 8.39. The number of aryl methyl sites for hydroxylation is 2. The number of anilines is 1. The maximum atomic E-state index is 13.1. The van der Waals surface area contributed by atoms with Crippen LogP contribution < -0.4 is 4.90 Å². The van der Waals surface area contributed by atoms with E-state index in [4.69, 9.17) is 0 Å². The van der Waals surface area contributed by atoms with Gasteiger partial charge in [0.05, 0.1) is 0 Å². The first kappa shape index (κ1) is 20.0. The van der Waals surface area contributed by atoms with Crippen LogP contribution in [0.1, 0.15) is 47.1 Å². The molecule has 2 aliphatic rings. The maximum absolute atomic E-state index is 13.1. The smallest absolute Gasteiger partial charge is 0.274 e. The molecule has 6 heteroatoms. The Morgan fingerprint density at radius 2 is 1.90 bits per heavy atom. The topological polar surface area (TPSA) is 55.5 Å². The third kappa shape index (κ3) is 4.04. The Labute approximate surface area is 173 Å². The van der Waals surface area contributed by atoms with Crippen molar-refractivity contribution in [3.63, 3.8) is 0 Å². The minimum atomic E-state index is 0.0849. The van der Waals surface area contributed by atoms with Gasteiger partial charge in [-0.1, -0.05) is 25.1 Å². The largest absolute Gasteiger partial charge is 0.369 e. The number of likely N-dealkylation sites (tertiary alicyclic amines) is 1. The molecular formula is C23H33N5O. The van der Waals surface area contributed by atoms with Gasteiger partial charge in [-0.05, 0) is 44.7 Å². The van der Waals surface area contributed by atoms with Crippen LogP contribution in [0.2, 0.25) is 0 Å². The van der Waals surface area contributed by atoms with E-state index < -0.39 is 0 Å². The van der Waals surface area contributed by atoms with E-state index in [1.807, 2.05) is 11.8 Å². The van der Waals surface area contributed by atoms with E-state index in [0.29, 0.717) is 11.7 Å². The molecule has 0 aliphatic carbocycles. The van der Waals surface area contributed by atoms with E-state index in [0.717, 1.165) is 63.4 Å². The summed E-state index contributed by atoms with van der Waals surface area (Å²) in [5.74, 6) is 0.0849. The second kappa shape index (κ2) is 8.57. The van der Waals surface area contributed by atoms with Crippen molar-refractivity contribution in [3.05, 3.63) is 46.8 Å². The van der Waals surface area contributed by atoms with Crippen molar-refractivity contribution in [2.75, 3.05) is 44.2 Å². The van der Waals surface area contributed by atoms with Gasteiger partial charge in [-0.15, -0.1) is 0 Å². The molecule has 1 atom stereocenters. The van der Waals surface area contributed by atoms with Crippen LogP contribution in [0.3, 0.4) is 0 Å². The van der Waals surface area contributed by atoms with Gasteiger partial charge in [-0.2, -0.15) is 5.10 Å². The fourth-order valence-electron chi connectivity index (χ4n) is 4.82. The molecule has 1 aromatic carbocycles. The highest BCUT2D eigenvalue weighted by Crippen LogP contribution is 2.24. The van der Waals surface area contributed by atoms with Crippen molar-refractivity contribution in [1.29, 1.82) is 0 Å². The zero-order valence-corrected chi connectivity index (χ0v) is 17.9. The number of rotatable bonds is 4. The number of carbonyl (C=O) groups is 1. The van der Waals surface area contributed by atoms with Gasteiger partial charge < -0.3 is 9.80 Å². The lowest BCUT2D eigenvalue weighted by molar-refractivity contribution is 0.0557. The zero-order valence-electron chi connectivity index (χ0n) is 17.9. The van der Waals surface area contributed by atoms with Crippen molar-refractivity contribution in [2.24, 2.45) is 0 Å². The Morgan fingerprint density at radius 1 is 1.14 bits per heavy atom. The standard InChI is InChI=1S/C23H33N5O/c1-4-20-18(3)22(25-24-20)23(29)28-11-7-9-19(16-28)26-12-14-27(15-13-26)21-10-6-5-8-17(21)2/h5-6,8,10,19H,4,7,9,11-16H2,1-3H3,(H,24,25)/t19-/m0/s1. The van der Waals surface area contributed by atoms with Crippen LogP contribution in [0.5, 0.6) is 0 Å². The minimum Gasteiger partial charge on any atom is -0.369 e. The van der Waals surface area contributed by atoms with Crippen molar-refractivity contribution < 1.29 is 4.79 Å². The Kier molecular flexibility index (Phi) is 5.90. The second-order valence-corrected chi connectivity index (χ2v) is 8.39. The number of carbonyl (C=O) groups excluding carboxylic acids is 1. The number of nitrogens with zero attached hydrogens (tertiary/aromatic N) is 4. The molecule has 0 unspecified atom stereocenters. The van der Waals surface area contributed by atoms with E-state index in [1.165, 1.54) is 17.7 Å². The van der Waals surface area contributed by atoms with Crippen LogP contribution in [0.15, 0.2) is 24.3 Å². The summed E-state index contributed by atoms with van der Waals surface area (Å²) in [6.07, 6.45) is 3.12. The molecule has 3 heterocycles. The van der Waals surface area contributed by atoms with Crippen LogP contribution >= 0.6 is 0 Å². The molecule has 156 valence electrons. The van der Waals surface area contributed by atoms with E-state index in [2.05, 4.69) is 58.1 Å². The fraction of sp³-hybridized carbons (Fsp3) is 0.565. The fourth-order valence-corrected chi connectivity index (χ4v) is 4.82. The number of benzene rings is 1. The van der Waals surface area contributed by atoms with Crippen LogP contribution in [0.4, 0.5) is 5.69 Å². The highest BCUT2D eigenvalue weighted by Gasteiger charge is 2.32. The van der Waals surface area contributed by atoms with Crippen molar-refractivity contribution >= 4 is 11.6 Å². The van der Waals surface area contributed by atoms with Gasteiger partial charge in [0.2, 0.25) is 0 Å². The van der Waals surface area contributed by atoms with Gasteiger partial charge in [-0.3, -0.25) is 14.8 Å². The van der Waals surface area contributed by atoms with Crippen LogP contribution in [0, 0.1) is 13.8 Å². The first-order valence-electron chi connectivity index (χ1n) is 11.0. The molecule has 1 amide bonds. The van der Waals surface area contributed by atoms with E-state index in [-0.39, 0.29) is 5.91 Å². The molecule has 6 nitrogen and oxygen atoms in total. The number of piperidine rings is 1. The lowest BCUT2D eigenvalue weighted by Crippen LogP contribution is -2.56. The summed E-state index contributed by atoms with van der Waals surface area (Å²) >= 11 is 0. The van der Waals surface area contributed by atoms with Crippen LogP contribution in [-0.2, 0) is 6.42 Å². The molecule has 29 heavy (non-hydrogen) atoms. The number of aromatic nitrogens is 2. The maximum Gasteiger partial charge on any atom is 0.274 e. The number of H-pyrrole nitrogens is 1. The summed E-state index contributed by atoms with van der Waals surface area (Å²) in [7, 11) is 0. The van der Waals surface area contributed by atoms with Crippen molar-refractivity contribution in [1.82, 2.24) is 20.0 Å². The molecule has 0 radical (unpaired) electrons. The third-order valence-electron chi connectivity index (χ3n) is 6.64. The Hall–Kier alpha value is -2.34. The number of piperazine rings is 1. The molecule has 1 aromatic heterocycles. The predicted molar refractivity (Wildman–Crippen MR) is 117 cm³/mol. The molecule has 4 rings (SSSR count). The number of nitrogens with one attached hydrogen (secondary N) is 1. The van der Waals surface area contributed by atoms with E-state index in [1.54, 1.807) is 0 Å². The summed E-state index contributed by atoms with van der Waals surface area (Å²) in [6, 6.07) is 9.10.